The SMILES string of the molecule is CC(C)(C)c1ccnc(C(=O)Nc2ccc(N3Cc4ncnc(N5CCOCC5)c4C3)cc2)c1. The van der Waals surface area contributed by atoms with Gasteiger partial charge in [-0.3, -0.25) is 9.78 Å². The lowest BCUT2D eigenvalue weighted by Gasteiger charge is -2.29. The molecule has 1 aromatic carbocycles. The molecule has 2 aliphatic rings. The number of pyridine rings is 1. The number of fused-ring (bicyclic) bond motifs is 1. The standard InChI is InChI=1S/C26H30N6O2/c1-26(2,3)18-8-9-27-22(14-18)25(33)30-19-4-6-20(7-5-19)32-15-21-23(16-32)28-17-29-24(21)31-10-12-34-13-11-31/h4-9,14,17H,10-13,15-16H2,1-3H3,(H,30,33). The van der Waals surface area contributed by atoms with Gasteiger partial charge in [0, 0.05) is 42.8 Å². The van der Waals surface area contributed by atoms with Crippen molar-refractivity contribution in [2.75, 3.05) is 41.4 Å². The van der Waals surface area contributed by atoms with Gasteiger partial charge in [-0.05, 0) is 47.4 Å². The third kappa shape index (κ3) is 4.59. The first-order valence-electron chi connectivity index (χ1n) is 11.7. The van der Waals surface area contributed by atoms with Gasteiger partial charge < -0.3 is 19.9 Å². The number of benzene rings is 1. The number of hydrogen-bond acceptors (Lipinski definition) is 7. The van der Waals surface area contributed by atoms with Crippen molar-refractivity contribution in [2.45, 2.75) is 39.3 Å². The number of morpholine rings is 1. The van der Waals surface area contributed by atoms with Crippen LogP contribution in [0.4, 0.5) is 17.2 Å². The second-order valence-electron chi connectivity index (χ2n) is 9.76. The van der Waals surface area contributed by atoms with E-state index in [4.69, 9.17) is 4.74 Å². The summed E-state index contributed by atoms with van der Waals surface area (Å²) in [5.74, 6) is 0.808. The van der Waals surface area contributed by atoms with E-state index < -0.39 is 0 Å². The molecule has 4 heterocycles. The molecule has 0 aliphatic carbocycles. The van der Waals surface area contributed by atoms with Crippen molar-refractivity contribution >= 4 is 23.1 Å². The second kappa shape index (κ2) is 9.02. The zero-order valence-corrected chi connectivity index (χ0v) is 19.9. The number of nitrogens with one attached hydrogen (secondary N) is 1. The van der Waals surface area contributed by atoms with E-state index in [-0.39, 0.29) is 11.3 Å². The van der Waals surface area contributed by atoms with Crippen molar-refractivity contribution in [2.24, 2.45) is 0 Å². The first kappa shape index (κ1) is 22.3. The van der Waals surface area contributed by atoms with Crippen molar-refractivity contribution in [3.05, 3.63) is 71.4 Å². The van der Waals surface area contributed by atoms with Crippen LogP contribution < -0.4 is 15.1 Å². The Morgan fingerprint density at radius 2 is 1.74 bits per heavy atom. The highest BCUT2D eigenvalue weighted by molar-refractivity contribution is 6.03. The molecule has 34 heavy (non-hydrogen) atoms. The molecule has 0 atom stereocenters. The Bertz CT molecular complexity index is 1180. The van der Waals surface area contributed by atoms with E-state index >= 15 is 0 Å². The first-order chi connectivity index (χ1) is 16.4. The lowest BCUT2D eigenvalue weighted by atomic mass is 9.87. The molecule has 176 valence electrons. The maximum Gasteiger partial charge on any atom is 0.274 e. The maximum absolute atomic E-state index is 12.8. The molecule has 3 aromatic rings. The van der Waals surface area contributed by atoms with Gasteiger partial charge in [0.2, 0.25) is 0 Å². The second-order valence-corrected chi connectivity index (χ2v) is 9.76. The van der Waals surface area contributed by atoms with E-state index in [0.717, 1.165) is 67.8 Å². The molecule has 0 radical (unpaired) electrons. The van der Waals surface area contributed by atoms with Crippen LogP contribution in [0.15, 0.2) is 48.9 Å². The lowest BCUT2D eigenvalue weighted by molar-refractivity contribution is 0.102. The van der Waals surface area contributed by atoms with E-state index in [0.29, 0.717) is 5.69 Å². The van der Waals surface area contributed by atoms with Crippen LogP contribution in [-0.2, 0) is 23.2 Å². The zero-order chi connectivity index (χ0) is 23.7. The molecule has 0 saturated carbocycles. The molecule has 1 N–H and O–H groups in total. The molecule has 1 saturated heterocycles. The smallest absolute Gasteiger partial charge is 0.274 e. The van der Waals surface area contributed by atoms with Gasteiger partial charge in [-0.15, -0.1) is 0 Å². The topological polar surface area (TPSA) is 83.5 Å². The van der Waals surface area contributed by atoms with Crippen molar-refractivity contribution in [1.29, 1.82) is 0 Å². The molecule has 2 aliphatic heterocycles. The number of rotatable bonds is 4. The fourth-order valence-electron chi connectivity index (χ4n) is 4.37. The molecular formula is C26H30N6O2. The van der Waals surface area contributed by atoms with Crippen molar-refractivity contribution < 1.29 is 9.53 Å². The Labute approximate surface area is 200 Å². The molecule has 0 spiro atoms. The van der Waals surface area contributed by atoms with Crippen LogP contribution in [0.1, 0.15) is 48.1 Å². The number of aromatic nitrogens is 3. The highest BCUT2D eigenvalue weighted by Gasteiger charge is 2.27. The van der Waals surface area contributed by atoms with Crippen LogP contribution in [0.25, 0.3) is 0 Å². The fourth-order valence-corrected chi connectivity index (χ4v) is 4.37. The van der Waals surface area contributed by atoms with Crippen LogP contribution in [0.5, 0.6) is 0 Å². The van der Waals surface area contributed by atoms with Gasteiger partial charge in [0.15, 0.2) is 0 Å². The molecule has 8 nitrogen and oxygen atoms in total. The molecule has 8 heteroatoms. The minimum Gasteiger partial charge on any atom is -0.378 e. The van der Waals surface area contributed by atoms with Crippen LogP contribution in [-0.4, -0.2) is 47.2 Å². The Morgan fingerprint density at radius 1 is 0.971 bits per heavy atom. The molecule has 2 aromatic heterocycles. The van der Waals surface area contributed by atoms with Gasteiger partial charge in [0.25, 0.3) is 5.91 Å². The fraction of sp³-hybridized carbons (Fsp3) is 0.385. The summed E-state index contributed by atoms with van der Waals surface area (Å²) in [5.41, 5.74) is 5.53. The number of amides is 1. The number of carbonyl (C=O) groups excluding carboxylic acids is 1. The predicted octanol–water partition coefficient (Wildman–Crippen LogP) is 3.78. The summed E-state index contributed by atoms with van der Waals surface area (Å²) < 4.78 is 5.49. The van der Waals surface area contributed by atoms with Crippen LogP contribution in [0, 0.1) is 0 Å². The molecule has 5 rings (SSSR count). The number of nitrogens with zero attached hydrogens (tertiary/aromatic N) is 5. The molecular weight excluding hydrogens is 428 g/mol. The summed E-state index contributed by atoms with van der Waals surface area (Å²) in [6.07, 6.45) is 3.35. The molecule has 0 unspecified atom stereocenters. The largest absolute Gasteiger partial charge is 0.378 e. The highest BCUT2D eigenvalue weighted by Crippen LogP contribution is 2.33. The highest BCUT2D eigenvalue weighted by atomic mass is 16.5. The first-order valence-corrected chi connectivity index (χ1v) is 11.7. The number of hydrogen-bond donors (Lipinski definition) is 1. The minimum atomic E-state index is -0.210. The molecule has 1 fully saturated rings. The quantitative estimate of drug-likeness (QED) is 0.637. The Morgan fingerprint density at radius 3 is 2.47 bits per heavy atom. The summed E-state index contributed by atoms with van der Waals surface area (Å²) in [6, 6.07) is 11.7. The predicted molar refractivity (Wildman–Crippen MR) is 132 cm³/mol. The van der Waals surface area contributed by atoms with Gasteiger partial charge in [0.05, 0.1) is 25.5 Å². The van der Waals surface area contributed by atoms with Crippen molar-refractivity contribution in [1.82, 2.24) is 15.0 Å². The lowest BCUT2D eigenvalue weighted by Crippen LogP contribution is -2.37. The Hall–Kier alpha value is -3.52. The van der Waals surface area contributed by atoms with Gasteiger partial charge in [-0.1, -0.05) is 20.8 Å². The molecule has 1 amide bonds. The van der Waals surface area contributed by atoms with Crippen molar-refractivity contribution in [3.8, 4) is 0 Å². The maximum atomic E-state index is 12.8. The minimum absolute atomic E-state index is 0.0427. The number of ether oxygens (including phenoxy) is 1. The van der Waals surface area contributed by atoms with E-state index in [1.54, 1.807) is 12.5 Å². The normalized spacial score (nSPS) is 15.9. The van der Waals surface area contributed by atoms with Gasteiger partial charge in [-0.2, -0.15) is 0 Å². The van der Waals surface area contributed by atoms with Crippen LogP contribution >= 0.6 is 0 Å². The number of anilines is 3. The number of carbonyl (C=O) groups is 1. The third-order valence-corrected chi connectivity index (χ3v) is 6.36. The molecule has 0 bridgehead atoms. The van der Waals surface area contributed by atoms with E-state index in [2.05, 4.69) is 50.8 Å². The zero-order valence-electron chi connectivity index (χ0n) is 19.9. The van der Waals surface area contributed by atoms with Crippen LogP contribution in [0.2, 0.25) is 0 Å². The summed E-state index contributed by atoms with van der Waals surface area (Å²) >= 11 is 0. The van der Waals surface area contributed by atoms with E-state index in [1.165, 1.54) is 5.56 Å². The van der Waals surface area contributed by atoms with Crippen molar-refractivity contribution in [3.63, 3.8) is 0 Å². The summed E-state index contributed by atoms with van der Waals surface area (Å²) in [6.45, 7) is 11.0. The summed E-state index contributed by atoms with van der Waals surface area (Å²) in [7, 11) is 0. The van der Waals surface area contributed by atoms with E-state index in [1.807, 2.05) is 36.4 Å². The monoisotopic (exact) mass is 458 g/mol. The average Bonchev–Trinajstić information content (AvgIpc) is 3.29. The van der Waals surface area contributed by atoms with Gasteiger partial charge in [0.1, 0.15) is 17.8 Å². The van der Waals surface area contributed by atoms with Gasteiger partial charge >= 0.3 is 0 Å². The Kier molecular flexibility index (Phi) is 5.91. The summed E-state index contributed by atoms with van der Waals surface area (Å²) in [4.78, 5) is 30.7. The third-order valence-electron chi connectivity index (χ3n) is 6.36. The Balaban J connectivity index is 1.27. The van der Waals surface area contributed by atoms with Gasteiger partial charge in [-0.25, -0.2) is 9.97 Å². The van der Waals surface area contributed by atoms with E-state index in [9.17, 15) is 4.79 Å². The summed E-state index contributed by atoms with van der Waals surface area (Å²) in [5, 5.41) is 2.96. The van der Waals surface area contributed by atoms with Crippen LogP contribution in [0.3, 0.4) is 0 Å². The average molecular weight is 459 g/mol.